The van der Waals surface area contributed by atoms with Crippen LogP contribution in [-0.2, 0) is 19.1 Å². The van der Waals surface area contributed by atoms with E-state index < -0.39 is 0 Å². The largest absolute Gasteiger partial charge is 0.462 e. The van der Waals surface area contributed by atoms with E-state index in [1.54, 1.807) is 0 Å². The molecule has 2 N–H and O–H groups in total. The molecule has 6 heteroatoms. The second-order valence-corrected chi connectivity index (χ2v) is 19.9. The van der Waals surface area contributed by atoms with Crippen LogP contribution in [0.5, 0.6) is 0 Å². The van der Waals surface area contributed by atoms with Crippen molar-refractivity contribution in [3.05, 3.63) is 12.2 Å². The lowest BCUT2D eigenvalue weighted by atomic mass is 9.67. The van der Waals surface area contributed by atoms with Crippen molar-refractivity contribution < 1.29 is 19.1 Å². The maximum Gasteiger partial charge on any atom is 0.309 e. The lowest BCUT2D eigenvalue weighted by Crippen LogP contribution is -2.50. The van der Waals surface area contributed by atoms with Gasteiger partial charge in [0.05, 0.1) is 5.92 Å². The fourth-order valence-electron chi connectivity index (χ4n) is 10.3. The number of hydrogen-bond donors (Lipinski definition) is 1. The Kier molecular flexibility index (Phi) is 27.0. The van der Waals surface area contributed by atoms with Crippen LogP contribution in [0.4, 0.5) is 0 Å². The Morgan fingerprint density at radius 3 is 1.74 bits per heavy atom. The van der Waals surface area contributed by atoms with Gasteiger partial charge in [-0.1, -0.05) is 163 Å². The first-order chi connectivity index (χ1) is 27.4. The summed E-state index contributed by atoms with van der Waals surface area (Å²) in [5, 5.41) is 0. The van der Waals surface area contributed by atoms with Gasteiger partial charge in [-0.3, -0.25) is 9.59 Å². The number of allylic oxidation sites excluding steroid dienone is 2. The van der Waals surface area contributed by atoms with Crippen LogP contribution in [-0.4, -0.2) is 54.7 Å². The van der Waals surface area contributed by atoms with Crippen LogP contribution in [0.3, 0.4) is 0 Å². The molecule has 1 heterocycles. The zero-order chi connectivity index (χ0) is 41.9. The number of ether oxygens (including phenoxy) is 2. The van der Waals surface area contributed by atoms with Crippen molar-refractivity contribution in [1.82, 2.24) is 4.90 Å². The van der Waals surface area contributed by atoms with Gasteiger partial charge in [0.2, 0.25) is 0 Å². The molecule has 5 atom stereocenters. The summed E-state index contributed by atoms with van der Waals surface area (Å²) in [7, 11) is 2.12. The molecule has 6 nitrogen and oxygen atoms in total. The molecule has 1 saturated heterocycles. The van der Waals surface area contributed by atoms with Crippen LogP contribution >= 0.6 is 0 Å². The minimum absolute atomic E-state index is 0.00794. The fraction of sp³-hybridized carbons (Fsp3) is 0.922. The molecule has 2 rings (SSSR count). The van der Waals surface area contributed by atoms with Gasteiger partial charge in [0.1, 0.15) is 12.2 Å². The van der Waals surface area contributed by atoms with Crippen LogP contribution < -0.4 is 5.73 Å². The number of unbranched alkanes of at least 4 members (excludes halogenated alkanes) is 15. The summed E-state index contributed by atoms with van der Waals surface area (Å²) in [6.07, 6.45) is 37.1. The van der Waals surface area contributed by atoms with Gasteiger partial charge in [-0.25, -0.2) is 0 Å². The number of nitrogens with zero attached hydrogens (tertiary/aromatic N) is 1. The van der Waals surface area contributed by atoms with E-state index in [4.69, 9.17) is 15.2 Å². The highest BCUT2D eigenvalue weighted by molar-refractivity contribution is 5.73. The molecule has 0 amide bonds. The van der Waals surface area contributed by atoms with Crippen LogP contribution in [0.1, 0.15) is 235 Å². The molecule has 5 unspecified atom stereocenters. The van der Waals surface area contributed by atoms with Crippen molar-refractivity contribution in [3.8, 4) is 0 Å². The smallest absolute Gasteiger partial charge is 0.309 e. The van der Waals surface area contributed by atoms with Crippen molar-refractivity contribution in [3.63, 3.8) is 0 Å². The summed E-state index contributed by atoms with van der Waals surface area (Å²) in [4.78, 5) is 29.7. The predicted molar refractivity (Wildman–Crippen MR) is 243 cm³/mol. The molecule has 1 saturated carbocycles. The van der Waals surface area contributed by atoms with Crippen molar-refractivity contribution in [2.24, 2.45) is 34.8 Å². The highest BCUT2D eigenvalue weighted by Gasteiger charge is 2.43. The third-order valence-electron chi connectivity index (χ3n) is 14.0. The minimum atomic E-state index is -0.324. The first-order valence-electron chi connectivity index (χ1n) is 24.9. The molecule has 0 bridgehead atoms. The second-order valence-electron chi connectivity index (χ2n) is 19.9. The van der Waals surface area contributed by atoms with Crippen LogP contribution in [0.15, 0.2) is 12.2 Å². The Hall–Kier alpha value is -1.40. The van der Waals surface area contributed by atoms with Gasteiger partial charge < -0.3 is 20.1 Å². The Balaban J connectivity index is 2.18. The van der Waals surface area contributed by atoms with E-state index in [9.17, 15) is 9.59 Å². The quantitative estimate of drug-likeness (QED) is 0.0404. The van der Waals surface area contributed by atoms with Gasteiger partial charge >= 0.3 is 11.9 Å². The number of likely N-dealkylation sites (tertiary alicyclic amines) is 1. The summed E-state index contributed by atoms with van der Waals surface area (Å²) < 4.78 is 13.0. The van der Waals surface area contributed by atoms with Gasteiger partial charge in [-0.2, -0.15) is 0 Å². The monoisotopic (exact) mass is 801 g/mol. The first kappa shape index (κ1) is 51.7. The maximum absolute atomic E-state index is 14.1. The standard InChI is InChI=1S/C51H96N2O4/c1-9-13-17-20-23-27-30-44(31-28-24-21-18-14-10-2)51(7,52)41-50(5,6)47(33-29-25-22-19-15-11-3)57-48(54)40-43-34-35-46(45(43)32-26-16-12-4)56-49(55)42-36-38-53(8)39-37-42/h16,26,42-47H,9-15,17-25,27-41,52H2,1-8H3/b26-16-. The Bertz CT molecular complexity index is 1050. The summed E-state index contributed by atoms with van der Waals surface area (Å²) in [6.45, 7) is 17.9. The van der Waals surface area contributed by atoms with Gasteiger partial charge in [-0.05, 0) is 110 Å². The molecule has 0 aromatic rings. The third kappa shape index (κ3) is 21.1. The number of carbonyl (C=O) groups excluding carboxylic acids is 2. The molecule has 1 aliphatic heterocycles. The molecular formula is C51H96N2O4. The van der Waals surface area contributed by atoms with Gasteiger partial charge in [-0.15, -0.1) is 0 Å². The average molecular weight is 801 g/mol. The molecule has 0 radical (unpaired) electrons. The van der Waals surface area contributed by atoms with E-state index in [-0.39, 0.29) is 52.9 Å². The van der Waals surface area contributed by atoms with Crippen molar-refractivity contribution >= 4 is 11.9 Å². The van der Waals surface area contributed by atoms with E-state index in [0.717, 1.165) is 70.9 Å². The highest BCUT2D eigenvalue weighted by Crippen LogP contribution is 2.43. The number of carbonyl (C=O) groups is 2. The normalized spacial score (nSPS) is 21.3. The van der Waals surface area contributed by atoms with Crippen molar-refractivity contribution in [1.29, 1.82) is 0 Å². The Labute approximate surface area is 354 Å². The molecule has 57 heavy (non-hydrogen) atoms. The lowest BCUT2D eigenvalue weighted by molar-refractivity contribution is -0.159. The number of nitrogens with two attached hydrogens (primary N) is 1. The molecule has 0 aromatic heterocycles. The molecule has 2 fully saturated rings. The summed E-state index contributed by atoms with van der Waals surface area (Å²) in [5.41, 5.74) is 6.92. The summed E-state index contributed by atoms with van der Waals surface area (Å²) in [5.74, 6) is 0.669. The van der Waals surface area contributed by atoms with Gasteiger partial charge in [0.15, 0.2) is 0 Å². The zero-order valence-electron chi connectivity index (χ0n) is 39.2. The van der Waals surface area contributed by atoms with Crippen molar-refractivity contribution in [2.45, 2.75) is 252 Å². The number of esters is 2. The Morgan fingerprint density at radius 1 is 0.702 bits per heavy atom. The zero-order valence-corrected chi connectivity index (χ0v) is 39.2. The van der Waals surface area contributed by atoms with E-state index in [0.29, 0.717) is 12.3 Å². The summed E-state index contributed by atoms with van der Waals surface area (Å²) >= 11 is 0. The van der Waals surface area contributed by atoms with Crippen LogP contribution in [0.2, 0.25) is 0 Å². The molecule has 2 aliphatic rings. The predicted octanol–water partition coefficient (Wildman–Crippen LogP) is 13.9. The van der Waals surface area contributed by atoms with Crippen molar-refractivity contribution in [2.75, 3.05) is 20.1 Å². The fourth-order valence-corrected chi connectivity index (χ4v) is 10.3. The lowest BCUT2D eigenvalue weighted by Gasteiger charge is -2.44. The van der Waals surface area contributed by atoms with E-state index in [1.165, 1.54) is 122 Å². The molecule has 334 valence electrons. The second kappa shape index (κ2) is 29.8. The van der Waals surface area contributed by atoms with Gasteiger partial charge in [0, 0.05) is 23.3 Å². The topological polar surface area (TPSA) is 81.9 Å². The molecule has 1 aliphatic carbocycles. The SMILES string of the molecule is CC/C=C\CC1C(CC(=O)OC(CCCCCCCC)C(C)(C)CC(C)(N)C(CCCCCCCC)CCCCCCCC)CCC1OC(=O)C1CCN(C)CC1. The van der Waals surface area contributed by atoms with Gasteiger partial charge in [0.25, 0.3) is 0 Å². The van der Waals surface area contributed by atoms with E-state index in [1.807, 2.05) is 0 Å². The molecule has 0 spiro atoms. The van der Waals surface area contributed by atoms with Crippen LogP contribution in [0, 0.1) is 29.1 Å². The van der Waals surface area contributed by atoms with E-state index in [2.05, 4.69) is 72.6 Å². The first-order valence-corrected chi connectivity index (χ1v) is 24.9. The molecule has 0 aromatic carbocycles. The molecular weight excluding hydrogens is 705 g/mol. The van der Waals surface area contributed by atoms with E-state index >= 15 is 0 Å². The third-order valence-corrected chi connectivity index (χ3v) is 14.0. The Morgan fingerprint density at radius 2 is 1.21 bits per heavy atom. The summed E-state index contributed by atoms with van der Waals surface area (Å²) in [6, 6.07) is 0. The minimum Gasteiger partial charge on any atom is -0.462 e. The number of piperidine rings is 1. The number of hydrogen-bond acceptors (Lipinski definition) is 6. The highest BCUT2D eigenvalue weighted by atomic mass is 16.5. The maximum atomic E-state index is 14.1. The average Bonchev–Trinajstić information content (AvgIpc) is 3.53. The van der Waals surface area contributed by atoms with Crippen LogP contribution in [0.25, 0.3) is 0 Å². The number of rotatable bonds is 33.